The number of carbonyl (C=O) groups excluding carboxylic acids is 1. The molecule has 0 aromatic carbocycles. The molecule has 1 amide bonds. The lowest BCUT2D eigenvalue weighted by molar-refractivity contribution is 0.0948. The molecule has 0 fully saturated rings. The molecule has 1 aromatic heterocycles. The topological polar surface area (TPSA) is 54.9 Å². The molecule has 0 aliphatic carbocycles. The van der Waals surface area contributed by atoms with Gasteiger partial charge in [0.25, 0.3) is 5.91 Å². The van der Waals surface area contributed by atoms with Crippen molar-refractivity contribution in [3.63, 3.8) is 0 Å². The van der Waals surface area contributed by atoms with E-state index in [9.17, 15) is 4.79 Å². The second-order valence-electron chi connectivity index (χ2n) is 2.80. The maximum Gasteiger partial charge on any atom is 0.271 e. The minimum absolute atomic E-state index is 0.158. The first kappa shape index (κ1) is 9.64. The van der Waals surface area contributed by atoms with Gasteiger partial charge in [-0.15, -0.1) is 0 Å². The Hall–Kier alpha value is -1.45. The fourth-order valence-corrected chi connectivity index (χ4v) is 0.839. The molecule has 4 heteroatoms. The number of hydrogen-bond acceptors (Lipinski definition) is 3. The molecular weight excluding hydrogens is 166 g/mol. The molecule has 1 N–H and O–H groups in total. The fraction of sp³-hybridized carbons (Fsp3) is 0.444. The summed E-state index contributed by atoms with van der Waals surface area (Å²) >= 11 is 0. The molecule has 0 atom stereocenters. The van der Waals surface area contributed by atoms with Gasteiger partial charge in [0, 0.05) is 12.7 Å². The molecule has 1 aromatic rings. The van der Waals surface area contributed by atoms with Crippen LogP contribution in [-0.4, -0.2) is 22.4 Å². The smallest absolute Gasteiger partial charge is 0.271 e. The molecule has 0 radical (unpaired) electrons. The molecule has 1 rings (SSSR count). The Balaban J connectivity index is 2.61. The number of rotatable bonds is 3. The summed E-state index contributed by atoms with van der Waals surface area (Å²) in [5.41, 5.74) is 1.19. The first-order chi connectivity index (χ1) is 6.24. The normalized spacial score (nSPS) is 9.69. The Kier molecular flexibility index (Phi) is 3.37. The van der Waals surface area contributed by atoms with Gasteiger partial charge in [-0.25, -0.2) is 4.98 Å². The number of nitrogens with zero attached hydrogens (tertiary/aromatic N) is 2. The molecule has 13 heavy (non-hydrogen) atoms. The quantitative estimate of drug-likeness (QED) is 0.750. The summed E-state index contributed by atoms with van der Waals surface area (Å²) in [4.78, 5) is 19.2. The van der Waals surface area contributed by atoms with Gasteiger partial charge in [-0.3, -0.25) is 9.78 Å². The molecule has 0 aliphatic heterocycles. The monoisotopic (exact) mass is 179 g/mol. The van der Waals surface area contributed by atoms with Crippen LogP contribution in [0.25, 0.3) is 0 Å². The van der Waals surface area contributed by atoms with Crippen molar-refractivity contribution in [2.45, 2.75) is 20.3 Å². The SMILES string of the molecule is CCCNC(=O)c1cnc(C)cn1. The first-order valence-electron chi connectivity index (χ1n) is 4.31. The summed E-state index contributed by atoms with van der Waals surface area (Å²) in [5, 5.41) is 2.73. The van der Waals surface area contributed by atoms with Gasteiger partial charge in [0.1, 0.15) is 5.69 Å². The number of carbonyl (C=O) groups is 1. The summed E-state index contributed by atoms with van der Waals surface area (Å²) in [6.07, 6.45) is 3.99. The molecule has 0 spiro atoms. The van der Waals surface area contributed by atoms with Crippen LogP contribution in [0, 0.1) is 6.92 Å². The van der Waals surface area contributed by atoms with E-state index in [0.717, 1.165) is 12.1 Å². The Labute approximate surface area is 77.4 Å². The van der Waals surface area contributed by atoms with E-state index in [4.69, 9.17) is 0 Å². The zero-order chi connectivity index (χ0) is 9.68. The molecule has 0 saturated heterocycles. The van der Waals surface area contributed by atoms with E-state index in [1.807, 2.05) is 13.8 Å². The van der Waals surface area contributed by atoms with Crippen LogP contribution in [0.2, 0.25) is 0 Å². The van der Waals surface area contributed by atoms with Crippen LogP contribution in [0.5, 0.6) is 0 Å². The lowest BCUT2D eigenvalue weighted by Crippen LogP contribution is -2.25. The Morgan fingerprint density at radius 1 is 1.46 bits per heavy atom. The third kappa shape index (κ3) is 2.82. The van der Waals surface area contributed by atoms with Gasteiger partial charge in [-0.2, -0.15) is 0 Å². The van der Waals surface area contributed by atoms with Crippen molar-refractivity contribution in [1.29, 1.82) is 0 Å². The predicted molar refractivity (Wildman–Crippen MR) is 49.4 cm³/mol. The number of aryl methyl sites for hydroxylation is 1. The highest BCUT2D eigenvalue weighted by molar-refractivity contribution is 5.91. The predicted octanol–water partition coefficient (Wildman–Crippen LogP) is 0.925. The van der Waals surface area contributed by atoms with Crippen LogP contribution in [0.3, 0.4) is 0 Å². The zero-order valence-corrected chi connectivity index (χ0v) is 7.87. The summed E-state index contributed by atoms with van der Waals surface area (Å²) in [6.45, 7) is 4.51. The molecular formula is C9H13N3O. The van der Waals surface area contributed by atoms with E-state index in [1.165, 1.54) is 6.20 Å². The maximum atomic E-state index is 11.3. The van der Waals surface area contributed by atoms with Crippen LogP contribution in [0.1, 0.15) is 29.5 Å². The van der Waals surface area contributed by atoms with Crippen molar-refractivity contribution in [3.05, 3.63) is 23.8 Å². The third-order valence-corrected chi connectivity index (χ3v) is 1.55. The molecule has 0 bridgehead atoms. The number of nitrogens with one attached hydrogen (secondary N) is 1. The van der Waals surface area contributed by atoms with Gasteiger partial charge in [-0.1, -0.05) is 6.92 Å². The highest BCUT2D eigenvalue weighted by Crippen LogP contribution is 1.93. The number of hydrogen-bond donors (Lipinski definition) is 1. The zero-order valence-electron chi connectivity index (χ0n) is 7.87. The lowest BCUT2D eigenvalue weighted by atomic mass is 10.4. The minimum Gasteiger partial charge on any atom is -0.351 e. The molecule has 0 unspecified atom stereocenters. The summed E-state index contributed by atoms with van der Waals surface area (Å²) in [6, 6.07) is 0. The van der Waals surface area contributed by atoms with Crippen molar-refractivity contribution in [3.8, 4) is 0 Å². The Morgan fingerprint density at radius 2 is 2.23 bits per heavy atom. The van der Waals surface area contributed by atoms with Gasteiger partial charge in [0.15, 0.2) is 0 Å². The molecule has 70 valence electrons. The van der Waals surface area contributed by atoms with Gasteiger partial charge in [0.05, 0.1) is 11.9 Å². The second-order valence-corrected chi connectivity index (χ2v) is 2.80. The van der Waals surface area contributed by atoms with Crippen molar-refractivity contribution in [1.82, 2.24) is 15.3 Å². The van der Waals surface area contributed by atoms with Gasteiger partial charge >= 0.3 is 0 Å². The number of aromatic nitrogens is 2. The fourth-order valence-electron chi connectivity index (χ4n) is 0.839. The van der Waals surface area contributed by atoms with E-state index < -0.39 is 0 Å². The van der Waals surface area contributed by atoms with Crippen molar-refractivity contribution in [2.24, 2.45) is 0 Å². The van der Waals surface area contributed by atoms with Crippen LogP contribution >= 0.6 is 0 Å². The third-order valence-electron chi connectivity index (χ3n) is 1.55. The lowest BCUT2D eigenvalue weighted by Gasteiger charge is -2.01. The van der Waals surface area contributed by atoms with Crippen molar-refractivity contribution in [2.75, 3.05) is 6.54 Å². The van der Waals surface area contributed by atoms with E-state index in [1.54, 1.807) is 6.20 Å². The van der Waals surface area contributed by atoms with Crippen molar-refractivity contribution >= 4 is 5.91 Å². The van der Waals surface area contributed by atoms with E-state index >= 15 is 0 Å². The summed E-state index contributed by atoms with van der Waals surface area (Å²) < 4.78 is 0. The molecule has 0 saturated carbocycles. The Bertz CT molecular complexity index is 281. The van der Waals surface area contributed by atoms with Crippen LogP contribution in [0.15, 0.2) is 12.4 Å². The molecule has 0 aliphatic rings. The van der Waals surface area contributed by atoms with E-state index in [0.29, 0.717) is 12.2 Å². The average Bonchev–Trinajstić information content (AvgIpc) is 2.15. The van der Waals surface area contributed by atoms with Crippen LogP contribution in [0.4, 0.5) is 0 Å². The van der Waals surface area contributed by atoms with E-state index in [-0.39, 0.29) is 5.91 Å². The largest absolute Gasteiger partial charge is 0.351 e. The molecule has 1 heterocycles. The van der Waals surface area contributed by atoms with Gasteiger partial charge in [-0.05, 0) is 13.3 Å². The highest BCUT2D eigenvalue weighted by atomic mass is 16.1. The Morgan fingerprint density at radius 3 is 2.77 bits per heavy atom. The van der Waals surface area contributed by atoms with Gasteiger partial charge in [0.2, 0.25) is 0 Å². The summed E-state index contributed by atoms with van der Waals surface area (Å²) in [7, 11) is 0. The number of amides is 1. The maximum absolute atomic E-state index is 11.3. The van der Waals surface area contributed by atoms with E-state index in [2.05, 4.69) is 15.3 Å². The first-order valence-corrected chi connectivity index (χ1v) is 4.31. The average molecular weight is 179 g/mol. The van der Waals surface area contributed by atoms with Crippen molar-refractivity contribution < 1.29 is 4.79 Å². The van der Waals surface area contributed by atoms with Gasteiger partial charge < -0.3 is 5.32 Å². The van der Waals surface area contributed by atoms with Crippen LogP contribution in [-0.2, 0) is 0 Å². The standard InChI is InChI=1S/C9H13N3O/c1-3-4-10-9(13)8-6-11-7(2)5-12-8/h5-6H,3-4H2,1-2H3,(H,10,13). The molecule has 4 nitrogen and oxygen atoms in total. The van der Waals surface area contributed by atoms with Crippen LogP contribution < -0.4 is 5.32 Å². The second kappa shape index (κ2) is 4.54. The summed E-state index contributed by atoms with van der Waals surface area (Å²) in [5.74, 6) is -0.158. The minimum atomic E-state index is -0.158. The highest BCUT2D eigenvalue weighted by Gasteiger charge is 2.04.